The zero-order chi connectivity index (χ0) is 17.0. The normalized spacial score (nSPS) is 11.5. The SMILES string of the molecule is C=Cc1ccc2ccc3c(sc4cc(C=C)c5ccccc5c43)c2c1. The van der Waals surface area contributed by atoms with Gasteiger partial charge in [-0.05, 0) is 39.4 Å². The number of rotatable bonds is 2. The third-order valence-corrected chi connectivity index (χ3v) is 6.16. The highest BCUT2D eigenvalue weighted by molar-refractivity contribution is 7.26. The molecule has 1 heterocycles. The maximum absolute atomic E-state index is 4.01. The van der Waals surface area contributed by atoms with Gasteiger partial charge in [0.15, 0.2) is 0 Å². The maximum Gasteiger partial charge on any atom is 0.0434 e. The zero-order valence-corrected chi connectivity index (χ0v) is 14.6. The fourth-order valence-corrected chi connectivity index (χ4v) is 5.05. The highest BCUT2D eigenvalue weighted by Crippen LogP contribution is 2.43. The molecule has 0 fully saturated rings. The molecule has 0 saturated carbocycles. The molecule has 0 amide bonds. The summed E-state index contributed by atoms with van der Waals surface area (Å²) in [5.74, 6) is 0. The average molecular weight is 336 g/mol. The summed E-state index contributed by atoms with van der Waals surface area (Å²) >= 11 is 1.87. The van der Waals surface area contributed by atoms with Gasteiger partial charge >= 0.3 is 0 Å². The molecule has 0 bridgehead atoms. The predicted octanol–water partition coefficient (Wildman–Crippen LogP) is 7.65. The van der Waals surface area contributed by atoms with Crippen molar-refractivity contribution in [2.24, 2.45) is 0 Å². The Hall–Kier alpha value is -2.90. The monoisotopic (exact) mass is 336 g/mol. The van der Waals surface area contributed by atoms with Crippen LogP contribution in [0.4, 0.5) is 0 Å². The molecule has 5 rings (SSSR count). The second-order valence-electron chi connectivity index (χ2n) is 6.32. The summed E-state index contributed by atoms with van der Waals surface area (Å²) in [7, 11) is 0. The van der Waals surface area contributed by atoms with Gasteiger partial charge < -0.3 is 0 Å². The van der Waals surface area contributed by atoms with E-state index in [1.165, 1.54) is 47.3 Å². The van der Waals surface area contributed by atoms with Crippen LogP contribution in [0.15, 0.2) is 73.8 Å². The highest BCUT2D eigenvalue weighted by atomic mass is 32.1. The molecule has 0 N–H and O–H groups in total. The first-order valence-electron chi connectivity index (χ1n) is 8.36. The third-order valence-electron chi connectivity index (χ3n) is 4.97. The quantitative estimate of drug-likeness (QED) is 0.310. The Morgan fingerprint density at radius 2 is 1.52 bits per heavy atom. The summed E-state index contributed by atoms with van der Waals surface area (Å²) in [6, 6.07) is 22.0. The summed E-state index contributed by atoms with van der Waals surface area (Å²) in [6.07, 6.45) is 3.87. The lowest BCUT2D eigenvalue weighted by Gasteiger charge is -2.05. The minimum Gasteiger partial charge on any atom is -0.134 e. The molecule has 0 spiro atoms. The van der Waals surface area contributed by atoms with Gasteiger partial charge in [-0.25, -0.2) is 0 Å². The van der Waals surface area contributed by atoms with E-state index in [1.54, 1.807) is 0 Å². The van der Waals surface area contributed by atoms with Crippen molar-refractivity contribution in [3.63, 3.8) is 0 Å². The standard InChI is InChI=1S/C24H16S/c1-3-15-9-10-17-11-12-20-23-19-8-6-5-7-18(19)16(4-2)14-22(23)25-24(20)21(17)13-15/h3-14H,1-2H2. The van der Waals surface area contributed by atoms with Crippen molar-refractivity contribution in [1.29, 1.82) is 0 Å². The Bertz CT molecular complexity index is 1320. The fourth-order valence-electron chi connectivity index (χ4n) is 3.76. The first-order valence-corrected chi connectivity index (χ1v) is 9.17. The number of thiophene rings is 1. The van der Waals surface area contributed by atoms with Gasteiger partial charge in [0, 0.05) is 25.6 Å². The van der Waals surface area contributed by atoms with Gasteiger partial charge in [0.05, 0.1) is 0 Å². The smallest absolute Gasteiger partial charge is 0.0434 e. The molecule has 5 aromatic rings. The molecular formula is C24H16S. The minimum absolute atomic E-state index is 1.16. The van der Waals surface area contributed by atoms with Gasteiger partial charge in [-0.1, -0.05) is 73.8 Å². The Kier molecular flexibility index (Phi) is 3.06. The number of fused-ring (bicyclic) bond motifs is 7. The Balaban J connectivity index is 2.06. The molecule has 4 aromatic carbocycles. The molecule has 1 heteroatoms. The Morgan fingerprint density at radius 1 is 0.720 bits per heavy atom. The van der Waals surface area contributed by atoms with Crippen LogP contribution in [0.5, 0.6) is 0 Å². The maximum atomic E-state index is 4.01. The summed E-state index contributed by atoms with van der Waals surface area (Å²) in [6.45, 7) is 7.92. The van der Waals surface area contributed by atoms with Crippen molar-refractivity contribution in [1.82, 2.24) is 0 Å². The molecule has 25 heavy (non-hydrogen) atoms. The molecule has 0 unspecified atom stereocenters. The van der Waals surface area contributed by atoms with Gasteiger partial charge in [0.1, 0.15) is 0 Å². The zero-order valence-electron chi connectivity index (χ0n) is 13.8. The van der Waals surface area contributed by atoms with E-state index in [2.05, 4.69) is 73.8 Å². The van der Waals surface area contributed by atoms with Crippen LogP contribution >= 0.6 is 11.3 Å². The van der Waals surface area contributed by atoms with E-state index in [9.17, 15) is 0 Å². The van der Waals surface area contributed by atoms with Crippen molar-refractivity contribution in [2.45, 2.75) is 0 Å². The van der Waals surface area contributed by atoms with Crippen LogP contribution in [0.2, 0.25) is 0 Å². The van der Waals surface area contributed by atoms with E-state index in [0.717, 1.165) is 5.56 Å². The molecule has 0 saturated heterocycles. The number of hydrogen-bond donors (Lipinski definition) is 0. The van der Waals surface area contributed by atoms with E-state index in [1.807, 2.05) is 23.5 Å². The van der Waals surface area contributed by atoms with Crippen molar-refractivity contribution in [2.75, 3.05) is 0 Å². The Labute approximate surface area is 150 Å². The number of hydrogen-bond acceptors (Lipinski definition) is 1. The number of benzene rings is 4. The topological polar surface area (TPSA) is 0 Å². The van der Waals surface area contributed by atoms with Crippen LogP contribution in [0.3, 0.4) is 0 Å². The van der Waals surface area contributed by atoms with Crippen LogP contribution in [-0.2, 0) is 0 Å². The summed E-state index contributed by atoms with van der Waals surface area (Å²) in [4.78, 5) is 0. The van der Waals surface area contributed by atoms with E-state index in [-0.39, 0.29) is 0 Å². The highest BCUT2D eigenvalue weighted by Gasteiger charge is 2.13. The van der Waals surface area contributed by atoms with Crippen molar-refractivity contribution in [3.05, 3.63) is 84.9 Å². The molecule has 0 aliphatic carbocycles. The van der Waals surface area contributed by atoms with E-state index in [0.29, 0.717) is 0 Å². The Morgan fingerprint density at radius 3 is 2.32 bits per heavy atom. The second-order valence-corrected chi connectivity index (χ2v) is 7.37. The summed E-state index contributed by atoms with van der Waals surface area (Å²) in [5, 5.41) is 7.84. The summed E-state index contributed by atoms with van der Waals surface area (Å²) in [5.41, 5.74) is 2.36. The predicted molar refractivity (Wildman–Crippen MR) is 115 cm³/mol. The van der Waals surface area contributed by atoms with Crippen LogP contribution in [0, 0.1) is 0 Å². The van der Waals surface area contributed by atoms with Gasteiger partial charge in [-0.3, -0.25) is 0 Å². The van der Waals surface area contributed by atoms with Gasteiger partial charge in [-0.2, -0.15) is 0 Å². The molecule has 0 atom stereocenters. The van der Waals surface area contributed by atoms with E-state index >= 15 is 0 Å². The van der Waals surface area contributed by atoms with Gasteiger partial charge in [0.2, 0.25) is 0 Å². The average Bonchev–Trinajstić information content (AvgIpc) is 3.06. The van der Waals surface area contributed by atoms with Crippen molar-refractivity contribution < 1.29 is 0 Å². The van der Waals surface area contributed by atoms with Crippen molar-refractivity contribution >= 4 is 65.2 Å². The molecule has 1 aromatic heterocycles. The lowest BCUT2D eigenvalue weighted by atomic mass is 9.98. The lowest BCUT2D eigenvalue weighted by molar-refractivity contribution is 1.75. The first-order chi connectivity index (χ1) is 12.3. The molecule has 0 aliphatic rings. The largest absolute Gasteiger partial charge is 0.134 e. The lowest BCUT2D eigenvalue weighted by Crippen LogP contribution is -1.80. The molecule has 118 valence electrons. The van der Waals surface area contributed by atoms with Crippen LogP contribution < -0.4 is 0 Å². The fraction of sp³-hybridized carbons (Fsp3) is 0. The van der Waals surface area contributed by atoms with Crippen LogP contribution in [-0.4, -0.2) is 0 Å². The van der Waals surface area contributed by atoms with E-state index < -0.39 is 0 Å². The first kappa shape index (κ1) is 14.4. The molecule has 0 aliphatic heterocycles. The van der Waals surface area contributed by atoms with Gasteiger partial charge in [-0.15, -0.1) is 11.3 Å². The third kappa shape index (κ3) is 2.00. The second kappa shape index (κ2) is 5.30. The van der Waals surface area contributed by atoms with E-state index in [4.69, 9.17) is 0 Å². The van der Waals surface area contributed by atoms with Crippen molar-refractivity contribution in [3.8, 4) is 0 Å². The molecular weight excluding hydrogens is 320 g/mol. The summed E-state index contributed by atoms with van der Waals surface area (Å²) < 4.78 is 2.67. The molecule has 0 radical (unpaired) electrons. The minimum atomic E-state index is 1.16. The van der Waals surface area contributed by atoms with Crippen LogP contribution in [0.1, 0.15) is 11.1 Å². The van der Waals surface area contributed by atoms with Gasteiger partial charge in [0.25, 0.3) is 0 Å². The van der Waals surface area contributed by atoms with Crippen LogP contribution in [0.25, 0.3) is 53.9 Å². The molecule has 0 nitrogen and oxygen atoms in total.